The minimum atomic E-state index is -0.516. The topological polar surface area (TPSA) is 141 Å². The van der Waals surface area contributed by atoms with E-state index in [1.54, 1.807) is 30.5 Å². The molecule has 1 heterocycles. The molecule has 4 atom stereocenters. The van der Waals surface area contributed by atoms with Crippen LogP contribution < -0.4 is 10.5 Å². The molecular weight excluding hydrogens is 476 g/mol. The summed E-state index contributed by atoms with van der Waals surface area (Å²) < 4.78 is 16.6. The van der Waals surface area contributed by atoms with E-state index in [0.29, 0.717) is 37.3 Å². The molecule has 37 heavy (non-hydrogen) atoms. The maximum Gasteiger partial charge on any atom is 0.302 e. The monoisotopic (exact) mass is 514 g/mol. The van der Waals surface area contributed by atoms with Gasteiger partial charge >= 0.3 is 11.9 Å². The quantitative estimate of drug-likeness (QED) is 0.377. The van der Waals surface area contributed by atoms with Gasteiger partial charge in [-0.2, -0.15) is 0 Å². The number of nitrogens with two attached hydrogens (primary N) is 1. The number of hydrogen-bond donors (Lipinski definition) is 3. The molecule has 9 nitrogen and oxygen atoms in total. The van der Waals surface area contributed by atoms with Crippen LogP contribution in [0.25, 0.3) is 11.1 Å². The molecule has 1 aromatic heterocycles. The van der Waals surface area contributed by atoms with Crippen LogP contribution in [0, 0.1) is 5.92 Å². The molecule has 2 aromatic rings. The van der Waals surface area contributed by atoms with Crippen molar-refractivity contribution in [2.45, 2.75) is 83.5 Å². The highest BCUT2D eigenvalue weighted by molar-refractivity contribution is 5.72. The second-order valence-corrected chi connectivity index (χ2v) is 9.74. The molecule has 1 saturated carbocycles. The fourth-order valence-electron chi connectivity index (χ4n) is 5.16. The molecular formula is C28H38N2O7. The predicted octanol–water partition coefficient (Wildman–Crippen LogP) is 4.17. The maximum absolute atomic E-state index is 11.9. The molecule has 9 heteroatoms. The zero-order valence-corrected chi connectivity index (χ0v) is 21.8. The van der Waals surface area contributed by atoms with E-state index in [-0.39, 0.29) is 11.7 Å². The number of aryl methyl sites for hydroxylation is 1. The lowest BCUT2D eigenvalue weighted by atomic mass is 9.82. The first-order chi connectivity index (χ1) is 17.7. The highest BCUT2D eigenvalue weighted by atomic mass is 16.6. The van der Waals surface area contributed by atoms with Crippen LogP contribution in [-0.2, 0) is 25.5 Å². The Hall–Kier alpha value is -3.33. The molecule has 0 amide bonds. The number of rotatable bonds is 11. The van der Waals surface area contributed by atoms with Crippen LogP contribution in [0.2, 0.25) is 0 Å². The first-order valence-corrected chi connectivity index (χ1v) is 12.8. The molecule has 1 aliphatic rings. The van der Waals surface area contributed by atoms with Crippen LogP contribution in [0.15, 0.2) is 30.5 Å². The highest BCUT2D eigenvalue weighted by Crippen LogP contribution is 2.37. The van der Waals surface area contributed by atoms with Crippen molar-refractivity contribution >= 4 is 17.8 Å². The van der Waals surface area contributed by atoms with Gasteiger partial charge in [0.2, 0.25) is 0 Å². The van der Waals surface area contributed by atoms with Crippen LogP contribution in [0.1, 0.15) is 64.4 Å². The van der Waals surface area contributed by atoms with Crippen molar-refractivity contribution in [3.63, 3.8) is 0 Å². The minimum absolute atomic E-state index is 0.00543. The number of methoxy groups -OCH3 is 1. The Labute approximate surface area is 217 Å². The number of ether oxygens (including phenoxy) is 3. The molecule has 3 rings (SSSR count). The number of hydrogen-bond acceptors (Lipinski definition) is 9. The standard InChI is InChI=1S/C28H38N2O7/c1-17(31)36-22(15-23(37-18(2)32)12-21-6-4-5-7-25(21)33)9-8-19-13-27(35-3)26(34)16-24(19)20-10-11-30-28(29)14-20/h10-11,13-14,16,21-23,25,33-34H,4-9,12,15H2,1-3H3,(H2,29,30)/t21-,22-,23+,25+/m1/s1. The van der Waals surface area contributed by atoms with Crippen molar-refractivity contribution in [3.05, 3.63) is 36.0 Å². The van der Waals surface area contributed by atoms with Crippen molar-refractivity contribution in [2.75, 3.05) is 12.8 Å². The van der Waals surface area contributed by atoms with Crippen LogP contribution >= 0.6 is 0 Å². The van der Waals surface area contributed by atoms with Gasteiger partial charge in [-0.1, -0.05) is 12.8 Å². The van der Waals surface area contributed by atoms with Crippen LogP contribution in [-0.4, -0.2) is 52.6 Å². The molecule has 0 bridgehead atoms. The first kappa shape index (κ1) is 28.2. The molecule has 1 fully saturated rings. The van der Waals surface area contributed by atoms with E-state index in [9.17, 15) is 19.8 Å². The zero-order chi connectivity index (χ0) is 26.9. The van der Waals surface area contributed by atoms with E-state index < -0.39 is 30.3 Å². The fourth-order valence-corrected chi connectivity index (χ4v) is 5.16. The number of anilines is 1. The minimum Gasteiger partial charge on any atom is -0.504 e. The van der Waals surface area contributed by atoms with Gasteiger partial charge in [0, 0.05) is 26.5 Å². The average Bonchev–Trinajstić information content (AvgIpc) is 2.83. The summed E-state index contributed by atoms with van der Waals surface area (Å²) in [5, 5.41) is 20.9. The molecule has 0 aliphatic heterocycles. The summed E-state index contributed by atoms with van der Waals surface area (Å²) >= 11 is 0. The van der Waals surface area contributed by atoms with Crippen LogP contribution in [0.4, 0.5) is 5.82 Å². The average molecular weight is 515 g/mol. The van der Waals surface area contributed by atoms with E-state index in [0.717, 1.165) is 42.4 Å². The van der Waals surface area contributed by atoms with Gasteiger partial charge < -0.3 is 30.2 Å². The molecule has 4 N–H and O–H groups in total. The largest absolute Gasteiger partial charge is 0.504 e. The second kappa shape index (κ2) is 13.3. The normalized spacial score (nSPS) is 19.0. The summed E-state index contributed by atoms with van der Waals surface area (Å²) in [5.74, 6) is -0.109. The number of benzene rings is 1. The van der Waals surface area contributed by atoms with Crippen molar-refractivity contribution in [1.29, 1.82) is 0 Å². The SMILES string of the molecule is COc1cc(CC[C@H](C[C@H](C[C@H]2CCCC[C@@H]2O)OC(C)=O)OC(C)=O)c(-c2ccnc(N)c2)cc1O. The van der Waals surface area contributed by atoms with Crippen molar-refractivity contribution in [1.82, 2.24) is 4.98 Å². The van der Waals surface area contributed by atoms with Gasteiger partial charge in [-0.25, -0.2) is 4.98 Å². The third-order valence-electron chi connectivity index (χ3n) is 6.86. The summed E-state index contributed by atoms with van der Waals surface area (Å²) in [6.07, 6.45) is 5.63. The number of esters is 2. The fraction of sp³-hybridized carbons (Fsp3) is 0.536. The van der Waals surface area contributed by atoms with Crippen molar-refractivity contribution in [2.24, 2.45) is 5.92 Å². The van der Waals surface area contributed by atoms with E-state index in [1.807, 2.05) is 0 Å². The zero-order valence-electron chi connectivity index (χ0n) is 21.8. The molecule has 202 valence electrons. The van der Waals surface area contributed by atoms with Gasteiger partial charge in [0.15, 0.2) is 11.5 Å². The van der Waals surface area contributed by atoms with Crippen LogP contribution in [0.5, 0.6) is 11.5 Å². The molecule has 0 spiro atoms. The Bertz CT molecular complexity index is 1070. The second-order valence-electron chi connectivity index (χ2n) is 9.74. The number of aliphatic hydroxyl groups is 1. The summed E-state index contributed by atoms with van der Waals surface area (Å²) in [7, 11) is 1.48. The molecule has 0 radical (unpaired) electrons. The Morgan fingerprint density at radius 2 is 1.81 bits per heavy atom. The van der Waals surface area contributed by atoms with Crippen molar-refractivity contribution < 1.29 is 34.0 Å². The number of nitrogen functional groups attached to an aromatic ring is 1. The number of carbonyl (C=O) groups is 2. The van der Waals surface area contributed by atoms with Gasteiger partial charge in [0.1, 0.15) is 18.0 Å². The lowest BCUT2D eigenvalue weighted by Gasteiger charge is -2.31. The lowest BCUT2D eigenvalue weighted by Crippen LogP contribution is -2.33. The Morgan fingerprint density at radius 1 is 1.11 bits per heavy atom. The van der Waals surface area contributed by atoms with E-state index in [4.69, 9.17) is 19.9 Å². The smallest absolute Gasteiger partial charge is 0.302 e. The number of nitrogens with zero attached hydrogens (tertiary/aromatic N) is 1. The number of phenolic OH excluding ortho intramolecular Hbond substituents is 1. The lowest BCUT2D eigenvalue weighted by molar-refractivity contribution is -0.154. The third kappa shape index (κ3) is 8.35. The van der Waals surface area contributed by atoms with Gasteiger partial charge in [-0.15, -0.1) is 0 Å². The Balaban J connectivity index is 1.82. The van der Waals surface area contributed by atoms with Gasteiger partial charge in [0.05, 0.1) is 13.2 Å². The van der Waals surface area contributed by atoms with E-state index in [2.05, 4.69) is 4.98 Å². The van der Waals surface area contributed by atoms with Gasteiger partial charge in [0.25, 0.3) is 0 Å². The third-order valence-corrected chi connectivity index (χ3v) is 6.86. The first-order valence-electron chi connectivity index (χ1n) is 12.8. The summed E-state index contributed by atoms with van der Waals surface area (Å²) in [6, 6.07) is 6.90. The predicted molar refractivity (Wildman–Crippen MR) is 139 cm³/mol. The summed E-state index contributed by atoms with van der Waals surface area (Å²) in [4.78, 5) is 27.8. The van der Waals surface area contributed by atoms with Crippen molar-refractivity contribution in [3.8, 4) is 22.6 Å². The van der Waals surface area contributed by atoms with E-state index >= 15 is 0 Å². The molecule has 1 aliphatic carbocycles. The summed E-state index contributed by atoms with van der Waals surface area (Å²) in [5.41, 5.74) is 8.29. The highest BCUT2D eigenvalue weighted by Gasteiger charge is 2.30. The molecule has 0 unspecified atom stereocenters. The van der Waals surface area contributed by atoms with E-state index in [1.165, 1.54) is 21.0 Å². The Kier molecular flexibility index (Phi) is 10.1. The molecule has 1 aromatic carbocycles. The number of aromatic hydroxyl groups is 1. The number of pyridine rings is 1. The summed E-state index contributed by atoms with van der Waals surface area (Å²) in [6.45, 7) is 2.72. The van der Waals surface area contributed by atoms with Gasteiger partial charge in [-0.05, 0) is 79.0 Å². The Morgan fingerprint density at radius 3 is 2.46 bits per heavy atom. The number of aliphatic hydroxyl groups excluding tert-OH is 1. The van der Waals surface area contributed by atoms with Gasteiger partial charge in [-0.3, -0.25) is 9.59 Å². The van der Waals surface area contributed by atoms with Crippen LogP contribution in [0.3, 0.4) is 0 Å². The number of carbonyl (C=O) groups excluding carboxylic acids is 2. The number of phenols is 1. The molecule has 0 saturated heterocycles. The maximum atomic E-state index is 11.9. The number of aromatic nitrogens is 1.